The highest BCUT2D eigenvalue weighted by Gasteiger charge is 2.02. The number of aryl methyl sites for hydroxylation is 1. The van der Waals surface area contributed by atoms with Gasteiger partial charge in [-0.1, -0.05) is 45.4 Å². The van der Waals surface area contributed by atoms with E-state index in [-0.39, 0.29) is 0 Å². The first-order chi connectivity index (χ1) is 7.33. The van der Waals surface area contributed by atoms with Crippen LogP contribution in [0.3, 0.4) is 0 Å². The molecule has 0 aliphatic heterocycles. The number of rotatable bonds is 8. The molecule has 0 aromatic carbocycles. The van der Waals surface area contributed by atoms with Gasteiger partial charge in [0.25, 0.3) is 0 Å². The van der Waals surface area contributed by atoms with Gasteiger partial charge in [0.15, 0.2) is 0 Å². The van der Waals surface area contributed by atoms with Gasteiger partial charge in [0.05, 0.1) is 0 Å². The van der Waals surface area contributed by atoms with Crippen molar-refractivity contribution in [2.45, 2.75) is 58.3 Å². The van der Waals surface area contributed by atoms with Crippen molar-refractivity contribution < 1.29 is 4.52 Å². The van der Waals surface area contributed by atoms with Gasteiger partial charge in [-0.2, -0.15) is 4.98 Å². The van der Waals surface area contributed by atoms with E-state index in [1.54, 1.807) is 0 Å². The van der Waals surface area contributed by atoms with E-state index in [1.165, 1.54) is 38.5 Å². The molecular formula is C11H19BrN2O. The van der Waals surface area contributed by atoms with E-state index in [9.17, 15) is 0 Å². The van der Waals surface area contributed by atoms with Crippen molar-refractivity contribution >= 4 is 15.9 Å². The Morgan fingerprint density at radius 3 is 2.33 bits per heavy atom. The maximum atomic E-state index is 5.00. The summed E-state index contributed by atoms with van der Waals surface area (Å²) in [6, 6.07) is 0. The molecule has 0 fully saturated rings. The summed E-state index contributed by atoms with van der Waals surface area (Å²) in [5.41, 5.74) is 0. The molecule has 0 saturated carbocycles. The van der Waals surface area contributed by atoms with Gasteiger partial charge in [0, 0.05) is 6.42 Å². The monoisotopic (exact) mass is 274 g/mol. The number of unbranched alkanes of at least 4 members (excludes halogenated alkanes) is 6. The first-order valence-electron chi connectivity index (χ1n) is 5.81. The maximum absolute atomic E-state index is 5.00. The van der Waals surface area contributed by atoms with E-state index < -0.39 is 0 Å². The van der Waals surface area contributed by atoms with Crippen LogP contribution in [0.25, 0.3) is 0 Å². The standard InChI is InChI=1S/C11H19BrN2O/c1-2-3-4-5-6-7-8-9-10-13-11(12)14-15-10/h2-9H2,1H3. The van der Waals surface area contributed by atoms with Crippen molar-refractivity contribution in [1.29, 1.82) is 0 Å². The fourth-order valence-electron chi connectivity index (χ4n) is 1.57. The Bertz CT molecular complexity index is 263. The fraction of sp³-hybridized carbons (Fsp3) is 0.818. The molecular weight excluding hydrogens is 256 g/mol. The van der Waals surface area contributed by atoms with E-state index >= 15 is 0 Å². The quantitative estimate of drug-likeness (QED) is 0.670. The maximum Gasteiger partial charge on any atom is 0.238 e. The average Bonchev–Trinajstić information content (AvgIpc) is 2.63. The SMILES string of the molecule is CCCCCCCCCc1nc(Br)no1. The molecule has 4 heteroatoms. The Kier molecular flexibility index (Phi) is 6.64. The number of nitrogens with zero attached hydrogens (tertiary/aromatic N) is 2. The second-order valence-corrected chi connectivity index (χ2v) is 4.54. The lowest BCUT2D eigenvalue weighted by molar-refractivity contribution is 0.370. The second kappa shape index (κ2) is 7.85. The summed E-state index contributed by atoms with van der Waals surface area (Å²) in [7, 11) is 0. The molecule has 0 atom stereocenters. The molecule has 0 unspecified atom stereocenters. The Balaban J connectivity index is 1.93. The van der Waals surface area contributed by atoms with Gasteiger partial charge in [0.2, 0.25) is 10.6 Å². The zero-order chi connectivity index (χ0) is 10.9. The Morgan fingerprint density at radius 1 is 1.07 bits per heavy atom. The van der Waals surface area contributed by atoms with Crippen molar-refractivity contribution in [3.63, 3.8) is 0 Å². The first-order valence-corrected chi connectivity index (χ1v) is 6.60. The third-order valence-electron chi connectivity index (χ3n) is 2.44. The molecule has 0 N–H and O–H groups in total. The molecule has 86 valence electrons. The molecule has 0 amide bonds. The lowest BCUT2D eigenvalue weighted by atomic mass is 10.1. The Labute approximate surface area is 99.8 Å². The van der Waals surface area contributed by atoms with Crippen LogP contribution in [0.4, 0.5) is 0 Å². The minimum absolute atomic E-state index is 0.556. The molecule has 0 aliphatic carbocycles. The molecule has 0 spiro atoms. The van der Waals surface area contributed by atoms with Crippen molar-refractivity contribution in [1.82, 2.24) is 10.1 Å². The van der Waals surface area contributed by atoms with Gasteiger partial charge in [-0.25, -0.2) is 0 Å². The largest absolute Gasteiger partial charge is 0.338 e. The van der Waals surface area contributed by atoms with Crippen LogP contribution in [0.1, 0.15) is 57.8 Å². The molecule has 0 aliphatic rings. The lowest BCUT2D eigenvalue weighted by Crippen LogP contribution is -1.86. The van der Waals surface area contributed by atoms with Crippen LogP contribution in [0.2, 0.25) is 0 Å². The molecule has 3 nitrogen and oxygen atoms in total. The van der Waals surface area contributed by atoms with Crippen LogP contribution >= 0.6 is 15.9 Å². The van der Waals surface area contributed by atoms with Crippen molar-refractivity contribution in [2.75, 3.05) is 0 Å². The van der Waals surface area contributed by atoms with E-state index in [4.69, 9.17) is 4.52 Å². The average molecular weight is 275 g/mol. The highest BCUT2D eigenvalue weighted by molar-refractivity contribution is 9.10. The predicted octanol–water partition coefficient (Wildman–Crippen LogP) is 4.13. The van der Waals surface area contributed by atoms with Crippen LogP contribution in [0.5, 0.6) is 0 Å². The lowest BCUT2D eigenvalue weighted by Gasteiger charge is -1.98. The van der Waals surface area contributed by atoms with Crippen molar-refractivity contribution in [2.24, 2.45) is 0 Å². The second-order valence-electron chi connectivity index (χ2n) is 3.83. The van der Waals surface area contributed by atoms with Gasteiger partial charge >= 0.3 is 0 Å². The normalized spacial score (nSPS) is 10.8. The van der Waals surface area contributed by atoms with E-state index in [1.807, 2.05) is 0 Å². The number of halogens is 1. The topological polar surface area (TPSA) is 38.9 Å². The van der Waals surface area contributed by atoms with Crippen LogP contribution in [-0.2, 0) is 6.42 Å². The summed E-state index contributed by atoms with van der Waals surface area (Å²) >= 11 is 3.17. The van der Waals surface area contributed by atoms with Crippen LogP contribution in [0, 0.1) is 0 Å². The van der Waals surface area contributed by atoms with E-state index in [0.29, 0.717) is 4.73 Å². The van der Waals surface area contributed by atoms with Crippen LogP contribution < -0.4 is 0 Å². The predicted molar refractivity (Wildman–Crippen MR) is 63.7 cm³/mol. The van der Waals surface area contributed by atoms with Crippen molar-refractivity contribution in [3.05, 3.63) is 10.6 Å². The molecule has 15 heavy (non-hydrogen) atoms. The van der Waals surface area contributed by atoms with Crippen molar-refractivity contribution in [3.8, 4) is 0 Å². The molecule has 0 saturated heterocycles. The first kappa shape index (κ1) is 12.7. The minimum Gasteiger partial charge on any atom is -0.338 e. The molecule has 0 radical (unpaired) electrons. The zero-order valence-corrected chi connectivity index (χ0v) is 10.9. The smallest absolute Gasteiger partial charge is 0.238 e. The summed E-state index contributed by atoms with van der Waals surface area (Å²) < 4.78 is 5.56. The van der Waals surface area contributed by atoms with Crippen LogP contribution in [-0.4, -0.2) is 10.1 Å². The van der Waals surface area contributed by atoms with Gasteiger partial charge in [-0.05, 0) is 27.5 Å². The highest BCUT2D eigenvalue weighted by atomic mass is 79.9. The summed E-state index contributed by atoms with van der Waals surface area (Å²) in [6.45, 7) is 2.24. The number of hydrogen-bond acceptors (Lipinski definition) is 3. The van der Waals surface area contributed by atoms with E-state index in [0.717, 1.165) is 18.7 Å². The molecule has 1 aromatic heterocycles. The Hall–Kier alpha value is -0.380. The highest BCUT2D eigenvalue weighted by Crippen LogP contribution is 2.10. The molecule has 1 heterocycles. The summed E-state index contributed by atoms with van der Waals surface area (Å²) in [6.07, 6.45) is 10.1. The molecule has 1 rings (SSSR count). The van der Waals surface area contributed by atoms with Crippen LogP contribution in [0.15, 0.2) is 9.26 Å². The van der Waals surface area contributed by atoms with Gasteiger partial charge in [0.1, 0.15) is 0 Å². The zero-order valence-electron chi connectivity index (χ0n) is 9.34. The minimum atomic E-state index is 0.556. The Morgan fingerprint density at radius 2 is 1.73 bits per heavy atom. The molecule has 0 bridgehead atoms. The summed E-state index contributed by atoms with van der Waals surface area (Å²) in [5.74, 6) is 0.746. The third-order valence-corrected chi connectivity index (χ3v) is 2.76. The van der Waals surface area contributed by atoms with E-state index in [2.05, 4.69) is 33.0 Å². The summed E-state index contributed by atoms with van der Waals surface area (Å²) in [4.78, 5) is 4.10. The summed E-state index contributed by atoms with van der Waals surface area (Å²) in [5, 5.41) is 3.69. The number of aromatic nitrogens is 2. The number of hydrogen-bond donors (Lipinski definition) is 0. The third kappa shape index (κ3) is 5.92. The van der Waals surface area contributed by atoms with Gasteiger partial charge in [-0.15, -0.1) is 0 Å². The van der Waals surface area contributed by atoms with Gasteiger partial charge in [-0.3, -0.25) is 0 Å². The molecule has 1 aromatic rings. The van der Waals surface area contributed by atoms with Gasteiger partial charge < -0.3 is 4.52 Å². The fourth-order valence-corrected chi connectivity index (χ4v) is 1.84.